The minimum atomic E-state index is -4.37. The molecule has 0 aliphatic carbocycles. The van der Waals surface area contributed by atoms with Crippen LogP contribution in [0.5, 0.6) is 0 Å². The number of benzene rings is 2. The minimum Gasteiger partial charge on any atom is -0.332 e. The molecule has 152 valence electrons. The first kappa shape index (κ1) is 20.9. The predicted octanol–water partition coefficient (Wildman–Crippen LogP) is 5.68. The first-order valence-electron chi connectivity index (χ1n) is 8.98. The first-order valence-corrected chi connectivity index (χ1v) is 9.39. The molecule has 29 heavy (non-hydrogen) atoms. The Bertz CT molecular complexity index is 1040. The first-order chi connectivity index (χ1) is 13.6. The van der Waals surface area contributed by atoms with Crippen molar-refractivity contribution in [1.29, 1.82) is 0 Å². The molecule has 2 N–H and O–H groups in total. The molecule has 3 aromatic rings. The molecule has 1 aromatic heterocycles. The van der Waals surface area contributed by atoms with Crippen LogP contribution >= 0.6 is 12.2 Å². The van der Waals surface area contributed by atoms with Gasteiger partial charge in [0.1, 0.15) is 0 Å². The Labute approximate surface area is 172 Å². The molecule has 8 heteroatoms. The van der Waals surface area contributed by atoms with Crippen molar-refractivity contribution in [2.75, 3.05) is 10.6 Å². The summed E-state index contributed by atoms with van der Waals surface area (Å²) in [5.74, 6) is 0. The van der Waals surface area contributed by atoms with Gasteiger partial charge in [-0.15, -0.1) is 0 Å². The van der Waals surface area contributed by atoms with Crippen molar-refractivity contribution >= 4 is 28.7 Å². The van der Waals surface area contributed by atoms with Crippen molar-refractivity contribution in [3.63, 3.8) is 0 Å². The summed E-state index contributed by atoms with van der Waals surface area (Å²) >= 11 is 5.39. The van der Waals surface area contributed by atoms with Crippen LogP contribution < -0.4 is 10.6 Å². The van der Waals surface area contributed by atoms with Crippen LogP contribution in [0.25, 0.3) is 0 Å². The van der Waals surface area contributed by atoms with Gasteiger partial charge in [-0.05, 0) is 68.4 Å². The molecule has 3 rings (SSSR count). The molecule has 0 atom stereocenters. The molecule has 0 aliphatic rings. The van der Waals surface area contributed by atoms with Crippen LogP contribution in [0.1, 0.15) is 28.1 Å². The molecule has 2 aromatic carbocycles. The highest BCUT2D eigenvalue weighted by atomic mass is 32.1. The highest BCUT2D eigenvalue weighted by Crippen LogP contribution is 2.30. The number of anilines is 2. The normalized spacial score (nSPS) is 11.4. The number of aromatic nitrogens is 2. The van der Waals surface area contributed by atoms with E-state index in [4.69, 9.17) is 12.2 Å². The zero-order valence-electron chi connectivity index (χ0n) is 16.3. The minimum absolute atomic E-state index is 0.232. The van der Waals surface area contributed by atoms with E-state index in [-0.39, 0.29) is 6.54 Å². The van der Waals surface area contributed by atoms with Crippen molar-refractivity contribution < 1.29 is 13.2 Å². The smallest absolute Gasteiger partial charge is 0.332 e. The Morgan fingerprint density at radius 3 is 2.45 bits per heavy atom. The summed E-state index contributed by atoms with van der Waals surface area (Å²) in [6.07, 6.45) is -4.37. The Balaban J connectivity index is 1.76. The van der Waals surface area contributed by atoms with Crippen LogP contribution in [0.2, 0.25) is 0 Å². The average Bonchev–Trinajstić information content (AvgIpc) is 2.89. The maximum absolute atomic E-state index is 12.9. The molecule has 0 saturated heterocycles. The highest BCUT2D eigenvalue weighted by molar-refractivity contribution is 7.80. The summed E-state index contributed by atoms with van der Waals surface area (Å²) in [6.45, 7) is 5.91. The SMILES string of the molecule is Cc1cccc(NC(=S)Nc2c(C)nn(Cc3cccc(C(F)(F)F)c3)c2C)c1. The molecule has 0 bridgehead atoms. The van der Waals surface area contributed by atoms with Crippen LogP contribution in [-0.4, -0.2) is 14.9 Å². The van der Waals surface area contributed by atoms with Crippen molar-refractivity contribution in [3.05, 3.63) is 76.6 Å². The number of thiocarbonyl (C=S) groups is 1. The van der Waals surface area contributed by atoms with Gasteiger partial charge in [-0.25, -0.2) is 0 Å². The third kappa shape index (κ3) is 5.14. The summed E-state index contributed by atoms with van der Waals surface area (Å²) < 4.78 is 40.5. The lowest BCUT2D eigenvalue weighted by Gasteiger charge is -2.12. The van der Waals surface area contributed by atoms with E-state index in [1.54, 1.807) is 10.7 Å². The van der Waals surface area contributed by atoms with Crippen LogP contribution in [0.3, 0.4) is 0 Å². The fourth-order valence-corrected chi connectivity index (χ4v) is 3.27. The maximum Gasteiger partial charge on any atom is 0.416 e. The Kier molecular flexibility index (Phi) is 5.93. The van der Waals surface area contributed by atoms with Gasteiger partial charge in [0.25, 0.3) is 0 Å². The van der Waals surface area contributed by atoms with Gasteiger partial charge in [0.2, 0.25) is 0 Å². The lowest BCUT2D eigenvalue weighted by atomic mass is 10.1. The molecule has 0 fully saturated rings. The van der Waals surface area contributed by atoms with Crippen LogP contribution in [-0.2, 0) is 12.7 Å². The van der Waals surface area contributed by atoms with Gasteiger partial charge >= 0.3 is 6.18 Å². The van der Waals surface area contributed by atoms with E-state index in [0.29, 0.717) is 16.4 Å². The van der Waals surface area contributed by atoms with Gasteiger partial charge in [0.15, 0.2) is 5.11 Å². The summed E-state index contributed by atoms with van der Waals surface area (Å²) in [4.78, 5) is 0. The summed E-state index contributed by atoms with van der Waals surface area (Å²) in [5, 5.41) is 11.1. The second kappa shape index (κ2) is 8.24. The third-order valence-electron chi connectivity index (χ3n) is 4.48. The lowest BCUT2D eigenvalue weighted by molar-refractivity contribution is -0.137. The van der Waals surface area contributed by atoms with Crippen molar-refractivity contribution in [1.82, 2.24) is 9.78 Å². The zero-order chi connectivity index (χ0) is 21.2. The van der Waals surface area contributed by atoms with E-state index in [0.717, 1.165) is 34.8 Å². The molecule has 0 aliphatic heterocycles. The predicted molar refractivity (Wildman–Crippen MR) is 113 cm³/mol. The summed E-state index contributed by atoms with van der Waals surface area (Å²) in [6, 6.07) is 13.1. The number of hydrogen-bond acceptors (Lipinski definition) is 2. The number of nitrogens with one attached hydrogen (secondary N) is 2. The maximum atomic E-state index is 12.9. The van der Waals surface area contributed by atoms with E-state index < -0.39 is 11.7 Å². The Morgan fingerprint density at radius 1 is 1.03 bits per heavy atom. The lowest BCUT2D eigenvalue weighted by Crippen LogP contribution is -2.20. The van der Waals surface area contributed by atoms with Gasteiger partial charge in [0.05, 0.1) is 29.2 Å². The van der Waals surface area contributed by atoms with Gasteiger partial charge in [-0.2, -0.15) is 18.3 Å². The number of aryl methyl sites for hydroxylation is 2. The molecular weight excluding hydrogens is 397 g/mol. The van der Waals surface area contributed by atoms with Gasteiger partial charge in [-0.3, -0.25) is 4.68 Å². The van der Waals surface area contributed by atoms with Gasteiger partial charge in [-0.1, -0.05) is 24.3 Å². The number of halogens is 3. The van der Waals surface area contributed by atoms with Crippen LogP contribution in [0.4, 0.5) is 24.5 Å². The van der Waals surface area contributed by atoms with E-state index in [1.165, 1.54) is 6.07 Å². The third-order valence-corrected chi connectivity index (χ3v) is 4.69. The Morgan fingerprint density at radius 2 is 1.76 bits per heavy atom. The molecular formula is C21H21F3N4S. The topological polar surface area (TPSA) is 41.9 Å². The van der Waals surface area contributed by atoms with E-state index in [1.807, 2.05) is 45.0 Å². The fraction of sp³-hybridized carbons (Fsp3) is 0.238. The molecule has 0 spiro atoms. The quantitative estimate of drug-likeness (QED) is 0.535. The number of hydrogen-bond donors (Lipinski definition) is 2. The van der Waals surface area contributed by atoms with Crippen molar-refractivity contribution in [2.45, 2.75) is 33.5 Å². The number of rotatable bonds is 4. The van der Waals surface area contributed by atoms with E-state index in [2.05, 4.69) is 15.7 Å². The molecule has 4 nitrogen and oxygen atoms in total. The average molecular weight is 418 g/mol. The molecule has 1 heterocycles. The zero-order valence-corrected chi connectivity index (χ0v) is 17.1. The van der Waals surface area contributed by atoms with Gasteiger partial charge < -0.3 is 10.6 Å². The van der Waals surface area contributed by atoms with E-state index in [9.17, 15) is 13.2 Å². The van der Waals surface area contributed by atoms with E-state index >= 15 is 0 Å². The highest BCUT2D eigenvalue weighted by Gasteiger charge is 2.30. The summed E-state index contributed by atoms with van der Waals surface area (Å²) in [7, 11) is 0. The Hall–Kier alpha value is -2.87. The monoisotopic (exact) mass is 418 g/mol. The molecule has 0 saturated carbocycles. The van der Waals surface area contributed by atoms with Crippen LogP contribution in [0.15, 0.2) is 48.5 Å². The van der Waals surface area contributed by atoms with Crippen LogP contribution in [0, 0.1) is 20.8 Å². The molecule has 0 unspecified atom stereocenters. The standard InChI is InChI=1S/C21H21F3N4S/c1-13-6-4-9-18(10-13)25-20(29)26-19-14(2)27-28(15(19)3)12-16-7-5-8-17(11-16)21(22,23)24/h4-11H,12H2,1-3H3,(H2,25,26,29). The second-order valence-corrected chi connectivity index (χ2v) is 7.26. The van der Waals surface area contributed by atoms with Crippen molar-refractivity contribution in [3.8, 4) is 0 Å². The fourth-order valence-electron chi connectivity index (χ4n) is 3.05. The number of alkyl halides is 3. The van der Waals surface area contributed by atoms with Gasteiger partial charge in [0, 0.05) is 5.69 Å². The largest absolute Gasteiger partial charge is 0.416 e. The molecule has 0 amide bonds. The summed E-state index contributed by atoms with van der Waals surface area (Å²) in [5.41, 5.74) is 4.07. The van der Waals surface area contributed by atoms with Crippen molar-refractivity contribution in [2.24, 2.45) is 0 Å². The molecule has 0 radical (unpaired) electrons. The second-order valence-electron chi connectivity index (χ2n) is 6.85. The number of nitrogens with zero attached hydrogens (tertiary/aromatic N) is 2.